The van der Waals surface area contributed by atoms with Gasteiger partial charge in [-0.15, -0.1) is 0 Å². The second kappa shape index (κ2) is 13.9. The molecule has 0 aromatic heterocycles. The molecule has 0 radical (unpaired) electrons. The van der Waals surface area contributed by atoms with E-state index in [0.29, 0.717) is 23.7 Å². The van der Waals surface area contributed by atoms with Gasteiger partial charge in [-0.1, -0.05) is 176 Å². The molecule has 3 aromatic rings. The van der Waals surface area contributed by atoms with Crippen LogP contribution in [0.3, 0.4) is 0 Å². The maximum atomic E-state index is 5.21. The first-order valence-electron chi connectivity index (χ1n) is 19.1. The lowest BCUT2D eigenvalue weighted by Gasteiger charge is -2.35. The first kappa shape index (κ1) is 32.4. The van der Waals surface area contributed by atoms with Gasteiger partial charge >= 0.3 is 0 Å². The molecule has 4 atom stereocenters. The molecule has 0 spiro atoms. The molecule has 0 aliphatic heterocycles. The summed E-state index contributed by atoms with van der Waals surface area (Å²) in [5.41, 5.74) is 15.7. The van der Waals surface area contributed by atoms with Crippen molar-refractivity contribution >= 4 is 28.1 Å². The summed E-state index contributed by atoms with van der Waals surface area (Å²) < 4.78 is 0. The van der Waals surface area contributed by atoms with Gasteiger partial charge in [0.1, 0.15) is 0 Å². The first-order chi connectivity index (χ1) is 25.6. The number of benzene rings is 3. The number of fused-ring (bicyclic) bond motifs is 6. The van der Waals surface area contributed by atoms with E-state index < -0.39 is 0 Å². The van der Waals surface area contributed by atoms with Crippen molar-refractivity contribution < 1.29 is 0 Å². The van der Waals surface area contributed by atoms with E-state index in [-0.39, 0.29) is 0 Å². The normalized spacial score (nSPS) is 24.2. The van der Waals surface area contributed by atoms with Crippen LogP contribution in [0.2, 0.25) is 0 Å². The molecule has 52 heavy (non-hydrogen) atoms. The SMILES string of the molecule is C=C(/N=C(\C/C=C(/C)CC1C2=C(C=C3C=CC=CC3C2)C2=c3ccccc3=C3C=CC=CC3C21)c1ccccc1)c1ccc(C2=CCCC=C2)cc1. The molecule has 4 unspecified atom stereocenters. The standard InChI is InChI=1S/C51H45N/c1-34(25-30-49(39-17-7-4-8-18-39)52-35(2)36-26-28-38(29-27-36)37-15-5-3-6-16-37)31-47-46-32-40-19-9-10-20-41(40)33-48(46)51-45-24-14-12-22-43(45)42-21-11-13-23-44(42)50(47)51/h4-5,7-29,33,40,44,47,50H,2-3,6,30-32H2,1H3/b34-25-,52-49+. The molecular formula is C51H45N. The Hall–Kier alpha value is -5.53. The van der Waals surface area contributed by atoms with E-state index in [1.54, 1.807) is 11.1 Å². The van der Waals surface area contributed by atoms with Crippen LogP contribution in [0.15, 0.2) is 192 Å². The van der Waals surface area contributed by atoms with Crippen molar-refractivity contribution in [1.29, 1.82) is 0 Å². The zero-order valence-corrected chi connectivity index (χ0v) is 30.0. The summed E-state index contributed by atoms with van der Waals surface area (Å²) in [5.74, 6) is 1.72. The Morgan fingerprint density at radius 2 is 1.60 bits per heavy atom. The zero-order chi connectivity index (χ0) is 35.0. The van der Waals surface area contributed by atoms with Crippen LogP contribution < -0.4 is 10.4 Å². The topological polar surface area (TPSA) is 12.4 Å². The third kappa shape index (κ3) is 5.99. The van der Waals surface area contributed by atoms with Gasteiger partial charge in [0.15, 0.2) is 0 Å². The highest BCUT2D eigenvalue weighted by Gasteiger charge is 2.46. The fourth-order valence-electron chi connectivity index (χ4n) is 9.33. The van der Waals surface area contributed by atoms with E-state index in [0.717, 1.165) is 54.6 Å². The number of allylic oxidation sites excluding steroid dienone is 18. The Bertz CT molecular complexity index is 2390. The zero-order valence-electron chi connectivity index (χ0n) is 30.0. The maximum absolute atomic E-state index is 5.21. The van der Waals surface area contributed by atoms with Crippen molar-refractivity contribution in [3.05, 3.63) is 214 Å². The lowest BCUT2D eigenvalue weighted by atomic mass is 9.68. The minimum absolute atomic E-state index is 0.381. The molecule has 3 aromatic carbocycles. The van der Waals surface area contributed by atoms with Crippen LogP contribution in [0.4, 0.5) is 0 Å². The van der Waals surface area contributed by atoms with Crippen LogP contribution in [0.25, 0.3) is 22.4 Å². The molecule has 0 heterocycles. The molecule has 1 heteroatoms. The van der Waals surface area contributed by atoms with Crippen molar-refractivity contribution in [1.82, 2.24) is 0 Å². The van der Waals surface area contributed by atoms with Gasteiger partial charge in [0.05, 0.1) is 11.4 Å². The number of nitrogens with zero attached hydrogens (tertiary/aromatic N) is 1. The summed E-state index contributed by atoms with van der Waals surface area (Å²) in [5, 5.41) is 2.83. The highest BCUT2D eigenvalue weighted by atomic mass is 14.8. The molecule has 9 rings (SSSR count). The van der Waals surface area contributed by atoms with Gasteiger partial charge in [-0.2, -0.15) is 0 Å². The Labute approximate surface area is 308 Å². The molecule has 0 bridgehead atoms. The molecule has 0 N–H and O–H groups in total. The van der Waals surface area contributed by atoms with Crippen LogP contribution in [-0.4, -0.2) is 5.71 Å². The van der Waals surface area contributed by atoms with Gasteiger partial charge in [0, 0.05) is 24.2 Å². The van der Waals surface area contributed by atoms with E-state index in [9.17, 15) is 0 Å². The number of aliphatic imine (C=N–C) groups is 1. The molecule has 6 aliphatic rings. The van der Waals surface area contributed by atoms with E-state index in [4.69, 9.17) is 4.99 Å². The Morgan fingerprint density at radius 3 is 2.42 bits per heavy atom. The summed E-state index contributed by atoms with van der Waals surface area (Å²) in [7, 11) is 0. The molecule has 1 nitrogen and oxygen atoms in total. The van der Waals surface area contributed by atoms with Gasteiger partial charge < -0.3 is 0 Å². The van der Waals surface area contributed by atoms with Crippen LogP contribution in [0, 0.1) is 23.7 Å². The van der Waals surface area contributed by atoms with Gasteiger partial charge in [-0.05, 0) is 93.5 Å². The molecule has 0 amide bonds. The van der Waals surface area contributed by atoms with Gasteiger partial charge in [0.2, 0.25) is 0 Å². The molecule has 254 valence electrons. The fraction of sp³-hybridized carbons (Fsp3) is 0.196. The minimum atomic E-state index is 0.381. The fourth-order valence-corrected chi connectivity index (χ4v) is 9.33. The van der Waals surface area contributed by atoms with Gasteiger partial charge in [0.25, 0.3) is 0 Å². The minimum Gasteiger partial charge on any atom is -0.253 e. The van der Waals surface area contributed by atoms with Crippen LogP contribution >= 0.6 is 0 Å². The third-order valence-corrected chi connectivity index (χ3v) is 11.9. The summed E-state index contributed by atoms with van der Waals surface area (Å²) >= 11 is 0. The molecule has 0 saturated carbocycles. The summed E-state index contributed by atoms with van der Waals surface area (Å²) in [6.07, 6.45) is 35.4. The van der Waals surface area contributed by atoms with Gasteiger partial charge in [-0.25, -0.2) is 0 Å². The van der Waals surface area contributed by atoms with Crippen LogP contribution in [0.5, 0.6) is 0 Å². The molecule has 0 saturated heterocycles. The summed E-state index contributed by atoms with van der Waals surface area (Å²) in [4.78, 5) is 5.21. The average Bonchev–Trinajstić information content (AvgIpc) is 3.52. The van der Waals surface area contributed by atoms with Crippen molar-refractivity contribution in [2.45, 2.75) is 39.0 Å². The largest absolute Gasteiger partial charge is 0.253 e. The Balaban J connectivity index is 1.05. The van der Waals surface area contributed by atoms with Crippen molar-refractivity contribution in [2.24, 2.45) is 28.7 Å². The summed E-state index contributed by atoms with van der Waals surface area (Å²) in [6, 6.07) is 28.5. The number of hydrogen-bond donors (Lipinski definition) is 0. The smallest absolute Gasteiger partial charge is 0.0633 e. The second-order valence-corrected chi connectivity index (χ2v) is 15.0. The van der Waals surface area contributed by atoms with Crippen molar-refractivity contribution in [2.75, 3.05) is 0 Å². The highest BCUT2D eigenvalue weighted by Crippen LogP contribution is 2.56. The monoisotopic (exact) mass is 671 g/mol. The number of rotatable bonds is 8. The highest BCUT2D eigenvalue weighted by molar-refractivity contribution is 6.04. The predicted molar refractivity (Wildman–Crippen MR) is 221 cm³/mol. The van der Waals surface area contributed by atoms with E-state index in [1.807, 2.05) is 0 Å². The Kier molecular flexibility index (Phi) is 8.65. The van der Waals surface area contributed by atoms with E-state index >= 15 is 0 Å². The lowest BCUT2D eigenvalue weighted by molar-refractivity contribution is 0.415. The predicted octanol–water partition coefficient (Wildman–Crippen LogP) is 11.0. The maximum Gasteiger partial charge on any atom is 0.0633 e. The number of hydrogen-bond acceptors (Lipinski definition) is 1. The Morgan fingerprint density at radius 1 is 0.808 bits per heavy atom. The van der Waals surface area contributed by atoms with E-state index in [2.05, 4.69) is 171 Å². The summed E-state index contributed by atoms with van der Waals surface area (Å²) in [6.45, 7) is 6.79. The average molecular weight is 672 g/mol. The van der Waals surface area contributed by atoms with E-state index in [1.165, 1.54) is 43.9 Å². The van der Waals surface area contributed by atoms with Gasteiger partial charge in [-0.3, -0.25) is 4.99 Å². The molecule has 6 aliphatic carbocycles. The van der Waals surface area contributed by atoms with Crippen LogP contribution in [-0.2, 0) is 0 Å². The first-order valence-corrected chi connectivity index (χ1v) is 19.1. The van der Waals surface area contributed by atoms with Crippen molar-refractivity contribution in [3.8, 4) is 0 Å². The second-order valence-electron chi connectivity index (χ2n) is 15.0. The molecular weight excluding hydrogens is 627 g/mol. The molecule has 0 fully saturated rings. The van der Waals surface area contributed by atoms with Crippen LogP contribution in [0.1, 0.15) is 55.7 Å². The third-order valence-electron chi connectivity index (χ3n) is 11.9. The lowest BCUT2D eigenvalue weighted by Crippen LogP contribution is -2.40. The quantitative estimate of drug-likeness (QED) is 0.167. The van der Waals surface area contributed by atoms with Crippen molar-refractivity contribution in [3.63, 3.8) is 0 Å².